The first-order chi connectivity index (χ1) is 9.10. The van der Waals surface area contributed by atoms with Gasteiger partial charge in [0, 0.05) is 24.0 Å². The van der Waals surface area contributed by atoms with Crippen LogP contribution in [0.5, 0.6) is 11.5 Å². The molecule has 0 atom stereocenters. The van der Waals surface area contributed by atoms with E-state index in [0.29, 0.717) is 13.2 Å². The van der Waals surface area contributed by atoms with E-state index >= 15 is 0 Å². The highest BCUT2D eigenvalue weighted by atomic mass is 16.5. The van der Waals surface area contributed by atoms with Crippen LogP contribution in [0.4, 0.5) is 0 Å². The number of fused-ring (bicyclic) bond motifs is 2. The van der Waals surface area contributed by atoms with E-state index in [1.54, 1.807) is 0 Å². The Hall–Kier alpha value is -1.71. The lowest BCUT2D eigenvalue weighted by Gasteiger charge is -2.18. The molecule has 2 heterocycles. The molecule has 1 aromatic heterocycles. The Morgan fingerprint density at radius 2 is 1.89 bits per heavy atom. The summed E-state index contributed by atoms with van der Waals surface area (Å²) in [5.74, 6) is 2.64. The van der Waals surface area contributed by atoms with Gasteiger partial charge in [0.05, 0.1) is 24.2 Å². The van der Waals surface area contributed by atoms with Crippen LogP contribution in [0.2, 0.25) is 0 Å². The number of hydrogen-bond acceptors (Lipinski definition) is 3. The monoisotopic (exact) mass is 260 g/mol. The summed E-state index contributed by atoms with van der Waals surface area (Å²) in [7, 11) is 0. The number of benzene rings is 1. The van der Waals surface area contributed by atoms with Gasteiger partial charge in [0.25, 0.3) is 0 Å². The van der Waals surface area contributed by atoms with Crippen molar-refractivity contribution in [2.75, 3.05) is 13.2 Å². The predicted molar refractivity (Wildman–Crippen MR) is 75.0 cm³/mol. The average Bonchev–Trinajstić information content (AvgIpc) is 2.68. The smallest absolute Gasteiger partial charge is 0.163 e. The number of nitrogens with zero attached hydrogens (tertiary/aromatic N) is 1. The Morgan fingerprint density at radius 1 is 1.21 bits per heavy atom. The molecule has 0 radical (unpaired) electrons. The Morgan fingerprint density at radius 3 is 2.58 bits per heavy atom. The average molecular weight is 260 g/mol. The van der Waals surface area contributed by atoms with Gasteiger partial charge < -0.3 is 14.5 Å². The molecule has 1 aromatic carbocycles. The largest absolute Gasteiger partial charge is 0.489 e. The van der Waals surface area contributed by atoms with E-state index in [4.69, 9.17) is 14.5 Å². The molecule has 0 amide bonds. The Balaban J connectivity index is 2.09. The molecular formula is C15H20N2O2. The molecule has 2 aromatic rings. The second kappa shape index (κ2) is 4.44. The molecular weight excluding hydrogens is 240 g/mol. The molecule has 0 aliphatic carbocycles. The van der Waals surface area contributed by atoms with Gasteiger partial charge in [0.15, 0.2) is 11.5 Å². The molecule has 3 rings (SSSR count). The summed E-state index contributed by atoms with van der Waals surface area (Å²) in [4.78, 5) is 8.11. The molecule has 1 aliphatic rings. The number of nitrogens with one attached hydrogen (secondary N) is 1. The molecule has 0 bridgehead atoms. The quantitative estimate of drug-likeness (QED) is 0.900. The highest BCUT2D eigenvalue weighted by molar-refractivity contribution is 5.80. The van der Waals surface area contributed by atoms with Crippen molar-refractivity contribution in [3.63, 3.8) is 0 Å². The summed E-state index contributed by atoms with van der Waals surface area (Å²) < 4.78 is 11.4. The number of imidazole rings is 1. The van der Waals surface area contributed by atoms with Gasteiger partial charge in [-0.25, -0.2) is 4.98 Å². The third-order valence-electron chi connectivity index (χ3n) is 3.88. The fraction of sp³-hybridized carbons (Fsp3) is 0.533. The van der Waals surface area contributed by atoms with Crippen LogP contribution in [-0.2, 0) is 5.41 Å². The Labute approximate surface area is 113 Å². The Bertz CT molecular complexity index is 558. The van der Waals surface area contributed by atoms with E-state index in [1.807, 2.05) is 12.1 Å². The van der Waals surface area contributed by atoms with E-state index in [9.17, 15) is 0 Å². The van der Waals surface area contributed by atoms with Crippen LogP contribution in [0.25, 0.3) is 11.0 Å². The van der Waals surface area contributed by atoms with Crippen molar-refractivity contribution >= 4 is 11.0 Å². The van der Waals surface area contributed by atoms with Crippen molar-refractivity contribution < 1.29 is 9.47 Å². The molecule has 1 aliphatic heterocycles. The fourth-order valence-corrected chi connectivity index (χ4v) is 2.15. The normalized spacial score (nSPS) is 15.5. The van der Waals surface area contributed by atoms with E-state index in [0.717, 1.165) is 41.2 Å². The summed E-state index contributed by atoms with van der Waals surface area (Å²) in [5, 5.41) is 0. The first-order valence-corrected chi connectivity index (χ1v) is 6.90. The molecule has 0 saturated heterocycles. The van der Waals surface area contributed by atoms with Gasteiger partial charge in [-0.1, -0.05) is 20.8 Å². The van der Waals surface area contributed by atoms with Crippen LogP contribution in [0.15, 0.2) is 12.1 Å². The predicted octanol–water partition coefficient (Wildman–Crippen LogP) is 3.41. The van der Waals surface area contributed by atoms with E-state index < -0.39 is 0 Å². The summed E-state index contributed by atoms with van der Waals surface area (Å²) in [6.45, 7) is 7.98. The van der Waals surface area contributed by atoms with Gasteiger partial charge >= 0.3 is 0 Å². The third-order valence-corrected chi connectivity index (χ3v) is 3.88. The van der Waals surface area contributed by atoms with Crippen LogP contribution in [0, 0.1) is 0 Å². The SMILES string of the molecule is CCC(C)(C)c1nc2cc3c(cc2[nH]1)OCCCO3. The molecule has 4 nitrogen and oxygen atoms in total. The minimum Gasteiger partial charge on any atom is -0.489 e. The van der Waals surface area contributed by atoms with Crippen molar-refractivity contribution in [2.45, 2.75) is 39.0 Å². The zero-order valence-corrected chi connectivity index (χ0v) is 11.7. The van der Waals surface area contributed by atoms with Gasteiger partial charge in [0.2, 0.25) is 0 Å². The van der Waals surface area contributed by atoms with Gasteiger partial charge in [-0.3, -0.25) is 0 Å². The first-order valence-electron chi connectivity index (χ1n) is 6.90. The topological polar surface area (TPSA) is 47.1 Å². The number of ether oxygens (including phenoxy) is 2. The molecule has 0 spiro atoms. The minimum absolute atomic E-state index is 0.0537. The van der Waals surface area contributed by atoms with Crippen molar-refractivity contribution in [1.29, 1.82) is 0 Å². The maximum atomic E-state index is 5.70. The number of aromatic amines is 1. The number of H-pyrrole nitrogens is 1. The maximum Gasteiger partial charge on any atom is 0.163 e. The molecule has 1 N–H and O–H groups in total. The van der Waals surface area contributed by atoms with E-state index in [-0.39, 0.29) is 5.41 Å². The summed E-state index contributed by atoms with van der Waals surface area (Å²) >= 11 is 0. The maximum absolute atomic E-state index is 5.70. The number of aromatic nitrogens is 2. The lowest BCUT2D eigenvalue weighted by atomic mass is 9.90. The molecule has 102 valence electrons. The number of hydrogen-bond donors (Lipinski definition) is 1. The first kappa shape index (κ1) is 12.3. The third kappa shape index (κ3) is 2.15. The molecule has 19 heavy (non-hydrogen) atoms. The second-order valence-corrected chi connectivity index (χ2v) is 5.69. The summed E-state index contributed by atoms with van der Waals surface area (Å²) in [5.41, 5.74) is 2.01. The van der Waals surface area contributed by atoms with Crippen LogP contribution in [0.1, 0.15) is 39.4 Å². The zero-order chi connectivity index (χ0) is 13.5. The van der Waals surface area contributed by atoms with E-state index in [2.05, 4.69) is 25.8 Å². The van der Waals surface area contributed by atoms with Crippen molar-refractivity contribution in [2.24, 2.45) is 0 Å². The van der Waals surface area contributed by atoms with E-state index in [1.165, 1.54) is 0 Å². The highest BCUT2D eigenvalue weighted by Crippen LogP contribution is 2.35. The van der Waals surface area contributed by atoms with Crippen LogP contribution in [-0.4, -0.2) is 23.2 Å². The van der Waals surface area contributed by atoms with Crippen LogP contribution >= 0.6 is 0 Å². The highest BCUT2D eigenvalue weighted by Gasteiger charge is 2.23. The molecule has 0 fully saturated rings. The fourth-order valence-electron chi connectivity index (χ4n) is 2.15. The van der Waals surface area contributed by atoms with Crippen molar-refractivity contribution in [1.82, 2.24) is 9.97 Å². The second-order valence-electron chi connectivity index (χ2n) is 5.69. The molecule has 0 unspecified atom stereocenters. The Kier molecular flexibility index (Phi) is 2.88. The van der Waals surface area contributed by atoms with Gasteiger partial charge in [-0.05, 0) is 6.42 Å². The van der Waals surface area contributed by atoms with Gasteiger partial charge in [-0.15, -0.1) is 0 Å². The standard InChI is InChI=1S/C15H20N2O2/c1-4-15(2,3)14-16-10-8-12-13(9-11(10)17-14)19-7-5-6-18-12/h8-9H,4-7H2,1-3H3,(H,16,17). The zero-order valence-electron chi connectivity index (χ0n) is 11.7. The lowest BCUT2D eigenvalue weighted by Crippen LogP contribution is -2.17. The number of rotatable bonds is 2. The van der Waals surface area contributed by atoms with Crippen LogP contribution in [0.3, 0.4) is 0 Å². The van der Waals surface area contributed by atoms with Crippen molar-refractivity contribution in [3.05, 3.63) is 18.0 Å². The van der Waals surface area contributed by atoms with Crippen molar-refractivity contribution in [3.8, 4) is 11.5 Å². The van der Waals surface area contributed by atoms with Gasteiger partial charge in [-0.2, -0.15) is 0 Å². The summed E-state index contributed by atoms with van der Waals surface area (Å²) in [6, 6.07) is 3.97. The van der Waals surface area contributed by atoms with Crippen LogP contribution < -0.4 is 9.47 Å². The lowest BCUT2D eigenvalue weighted by molar-refractivity contribution is 0.297. The van der Waals surface area contributed by atoms with Gasteiger partial charge in [0.1, 0.15) is 5.82 Å². The minimum atomic E-state index is 0.0537. The molecule has 4 heteroatoms. The summed E-state index contributed by atoms with van der Waals surface area (Å²) in [6.07, 6.45) is 1.96. The molecule has 0 saturated carbocycles.